The highest BCUT2D eigenvalue weighted by Gasteiger charge is 2.44. The summed E-state index contributed by atoms with van der Waals surface area (Å²) in [6.07, 6.45) is 2.00. The zero-order chi connectivity index (χ0) is 19.0. The number of hydrogen-bond acceptors (Lipinski definition) is 9. The fourth-order valence-corrected chi connectivity index (χ4v) is 3.81. The van der Waals surface area contributed by atoms with E-state index in [1.54, 1.807) is 4.57 Å². The zero-order valence-corrected chi connectivity index (χ0v) is 15.2. The van der Waals surface area contributed by atoms with E-state index in [9.17, 15) is 15.3 Å². The lowest BCUT2D eigenvalue weighted by Crippen LogP contribution is -2.33. The molecule has 2 aliphatic rings. The molecule has 27 heavy (non-hydrogen) atoms. The standard InChI is InChI=1S/C17H26N6O4/c1-2-18-17-21-14(20-9-5-3-4-6-9)11-15(22-17)23(8-19-11)16-13(26)12(25)10(7-24)27-16/h8-10,12-13,16,24-26H,2-7H2,1H3,(H2,18,20,21,22)/t10-,12-,13-,16-/m1/s1. The Kier molecular flexibility index (Phi) is 5.13. The second kappa shape index (κ2) is 7.55. The number of nitrogens with one attached hydrogen (secondary N) is 2. The molecule has 10 heteroatoms. The van der Waals surface area contributed by atoms with Crippen molar-refractivity contribution in [2.75, 3.05) is 23.8 Å². The third-order valence-electron chi connectivity index (χ3n) is 5.24. The fraction of sp³-hybridized carbons (Fsp3) is 0.706. The third kappa shape index (κ3) is 3.33. The van der Waals surface area contributed by atoms with E-state index >= 15 is 0 Å². The van der Waals surface area contributed by atoms with Gasteiger partial charge in [0, 0.05) is 12.6 Å². The number of hydrogen-bond donors (Lipinski definition) is 5. The van der Waals surface area contributed by atoms with Gasteiger partial charge in [-0.2, -0.15) is 9.97 Å². The summed E-state index contributed by atoms with van der Waals surface area (Å²) in [7, 11) is 0. The predicted molar refractivity (Wildman–Crippen MR) is 98.4 cm³/mol. The summed E-state index contributed by atoms with van der Waals surface area (Å²) in [4.78, 5) is 13.5. The van der Waals surface area contributed by atoms with E-state index in [0.717, 1.165) is 12.8 Å². The number of fused-ring (bicyclic) bond motifs is 1. The van der Waals surface area contributed by atoms with Crippen molar-refractivity contribution in [3.05, 3.63) is 6.33 Å². The second-order valence-electron chi connectivity index (χ2n) is 7.10. The lowest BCUT2D eigenvalue weighted by molar-refractivity contribution is -0.0511. The largest absolute Gasteiger partial charge is 0.394 e. The molecule has 2 aromatic rings. The fourth-order valence-electron chi connectivity index (χ4n) is 3.81. The van der Waals surface area contributed by atoms with Crippen molar-refractivity contribution in [3.8, 4) is 0 Å². The number of nitrogens with zero attached hydrogens (tertiary/aromatic N) is 4. The van der Waals surface area contributed by atoms with E-state index in [-0.39, 0.29) is 6.61 Å². The Balaban J connectivity index is 1.73. The molecule has 0 unspecified atom stereocenters. The molecular formula is C17H26N6O4. The summed E-state index contributed by atoms with van der Waals surface area (Å²) in [6.45, 7) is 2.24. The number of aliphatic hydroxyl groups excluding tert-OH is 3. The van der Waals surface area contributed by atoms with Crippen LogP contribution in [0.5, 0.6) is 0 Å². The number of ether oxygens (including phenoxy) is 1. The molecule has 2 fully saturated rings. The third-order valence-corrected chi connectivity index (χ3v) is 5.24. The van der Waals surface area contributed by atoms with Gasteiger partial charge in [-0.15, -0.1) is 0 Å². The zero-order valence-electron chi connectivity index (χ0n) is 15.2. The first kappa shape index (κ1) is 18.4. The Bertz CT molecular complexity index is 793. The predicted octanol–water partition coefficient (Wildman–Crippen LogP) is 0.224. The number of aromatic nitrogens is 4. The van der Waals surface area contributed by atoms with Crippen LogP contribution in [0, 0.1) is 0 Å². The van der Waals surface area contributed by atoms with Crippen LogP contribution in [-0.2, 0) is 4.74 Å². The van der Waals surface area contributed by atoms with Gasteiger partial charge in [-0.25, -0.2) is 4.98 Å². The minimum absolute atomic E-state index is 0.358. The van der Waals surface area contributed by atoms with Crippen LogP contribution in [0.2, 0.25) is 0 Å². The van der Waals surface area contributed by atoms with Crippen LogP contribution in [0.1, 0.15) is 38.8 Å². The summed E-state index contributed by atoms with van der Waals surface area (Å²) in [5, 5.41) is 36.3. The van der Waals surface area contributed by atoms with Gasteiger partial charge >= 0.3 is 0 Å². The van der Waals surface area contributed by atoms with E-state index in [0.29, 0.717) is 35.5 Å². The average Bonchev–Trinajstić information content (AvgIpc) is 3.37. The molecule has 3 heterocycles. The van der Waals surface area contributed by atoms with Crippen LogP contribution >= 0.6 is 0 Å². The lowest BCUT2D eigenvalue weighted by atomic mass is 10.1. The number of aliphatic hydroxyl groups is 3. The topological polar surface area (TPSA) is 138 Å². The van der Waals surface area contributed by atoms with Crippen molar-refractivity contribution in [2.24, 2.45) is 0 Å². The molecule has 1 saturated carbocycles. The summed E-state index contributed by atoms with van der Waals surface area (Å²) in [6, 6.07) is 0.358. The van der Waals surface area contributed by atoms with Gasteiger partial charge in [0.25, 0.3) is 0 Å². The molecule has 1 aliphatic heterocycles. The number of imidazole rings is 1. The van der Waals surface area contributed by atoms with Crippen LogP contribution < -0.4 is 10.6 Å². The molecule has 0 amide bonds. The quantitative estimate of drug-likeness (QED) is 0.478. The van der Waals surface area contributed by atoms with Crippen molar-refractivity contribution >= 4 is 22.9 Å². The number of anilines is 2. The van der Waals surface area contributed by atoms with Crippen LogP contribution in [0.3, 0.4) is 0 Å². The second-order valence-corrected chi connectivity index (χ2v) is 7.10. The van der Waals surface area contributed by atoms with Crippen LogP contribution in [0.15, 0.2) is 6.33 Å². The monoisotopic (exact) mass is 378 g/mol. The smallest absolute Gasteiger partial charge is 0.226 e. The SMILES string of the molecule is CCNc1nc(NC2CCCC2)c2ncn([C@@H]3O[C@H](CO)[C@@H](O)[C@H]3O)c2n1. The van der Waals surface area contributed by atoms with Crippen LogP contribution in [-0.4, -0.2) is 72.3 Å². The van der Waals surface area contributed by atoms with Gasteiger partial charge in [-0.1, -0.05) is 12.8 Å². The molecule has 148 valence electrons. The first-order valence-corrected chi connectivity index (χ1v) is 9.49. The molecule has 1 aliphatic carbocycles. The van der Waals surface area contributed by atoms with E-state index in [1.807, 2.05) is 6.92 Å². The summed E-state index contributed by atoms with van der Waals surface area (Å²) in [5.41, 5.74) is 1.08. The Hall–Kier alpha value is -2.01. The van der Waals surface area contributed by atoms with E-state index in [2.05, 4.69) is 25.6 Å². The van der Waals surface area contributed by atoms with Gasteiger partial charge in [0.15, 0.2) is 23.2 Å². The van der Waals surface area contributed by atoms with Gasteiger partial charge < -0.3 is 30.7 Å². The maximum Gasteiger partial charge on any atom is 0.226 e. The first-order chi connectivity index (χ1) is 13.1. The molecule has 1 saturated heterocycles. The molecule has 10 nitrogen and oxygen atoms in total. The van der Waals surface area contributed by atoms with Crippen molar-refractivity contribution in [2.45, 2.75) is 63.2 Å². The minimum atomic E-state index is -1.19. The first-order valence-electron chi connectivity index (χ1n) is 9.49. The highest BCUT2D eigenvalue weighted by atomic mass is 16.6. The summed E-state index contributed by atoms with van der Waals surface area (Å²) in [5.74, 6) is 1.10. The maximum atomic E-state index is 10.4. The molecule has 0 spiro atoms. The molecule has 0 radical (unpaired) electrons. The van der Waals surface area contributed by atoms with Gasteiger partial charge in [-0.05, 0) is 19.8 Å². The lowest BCUT2D eigenvalue weighted by Gasteiger charge is -2.18. The minimum Gasteiger partial charge on any atom is -0.394 e. The Morgan fingerprint density at radius 1 is 1.22 bits per heavy atom. The van der Waals surface area contributed by atoms with E-state index in [1.165, 1.54) is 19.2 Å². The highest BCUT2D eigenvalue weighted by Crippen LogP contribution is 2.33. The van der Waals surface area contributed by atoms with E-state index in [4.69, 9.17) is 4.74 Å². The Morgan fingerprint density at radius 2 is 2.00 bits per heavy atom. The Morgan fingerprint density at radius 3 is 2.67 bits per heavy atom. The number of rotatable bonds is 6. The van der Waals surface area contributed by atoms with Gasteiger partial charge in [-0.3, -0.25) is 4.57 Å². The van der Waals surface area contributed by atoms with Crippen molar-refractivity contribution in [1.29, 1.82) is 0 Å². The molecular weight excluding hydrogens is 352 g/mol. The highest BCUT2D eigenvalue weighted by molar-refractivity contribution is 5.84. The molecule has 2 aromatic heterocycles. The normalized spacial score (nSPS) is 28.9. The molecule has 4 atom stereocenters. The molecule has 5 N–H and O–H groups in total. The van der Waals surface area contributed by atoms with Crippen molar-refractivity contribution < 1.29 is 20.1 Å². The average molecular weight is 378 g/mol. The molecule has 4 rings (SSSR count). The van der Waals surface area contributed by atoms with Crippen molar-refractivity contribution in [1.82, 2.24) is 19.5 Å². The van der Waals surface area contributed by atoms with Gasteiger partial charge in [0.2, 0.25) is 5.95 Å². The maximum absolute atomic E-state index is 10.4. The van der Waals surface area contributed by atoms with Gasteiger partial charge in [0.1, 0.15) is 18.3 Å². The van der Waals surface area contributed by atoms with Crippen molar-refractivity contribution in [3.63, 3.8) is 0 Å². The summed E-state index contributed by atoms with van der Waals surface area (Å²) >= 11 is 0. The molecule has 0 aromatic carbocycles. The summed E-state index contributed by atoms with van der Waals surface area (Å²) < 4.78 is 7.22. The van der Waals surface area contributed by atoms with Gasteiger partial charge in [0.05, 0.1) is 12.9 Å². The molecule has 0 bridgehead atoms. The van der Waals surface area contributed by atoms with Crippen LogP contribution in [0.4, 0.5) is 11.8 Å². The van der Waals surface area contributed by atoms with Crippen LogP contribution in [0.25, 0.3) is 11.2 Å². The Labute approximate surface area is 156 Å². The van der Waals surface area contributed by atoms with E-state index < -0.39 is 24.5 Å².